The molecule has 3 aromatic rings. The molecule has 0 spiro atoms. The highest BCUT2D eigenvalue weighted by Crippen LogP contribution is 2.39. The van der Waals surface area contributed by atoms with E-state index in [4.69, 9.17) is 0 Å². The van der Waals surface area contributed by atoms with Crippen LogP contribution in [0.2, 0.25) is 0 Å². The van der Waals surface area contributed by atoms with Crippen molar-refractivity contribution in [3.8, 4) is 5.88 Å². The van der Waals surface area contributed by atoms with Crippen LogP contribution in [0.1, 0.15) is 56.1 Å². The zero-order valence-electron chi connectivity index (χ0n) is 16.5. The predicted molar refractivity (Wildman–Crippen MR) is 109 cm³/mol. The first-order chi connectivity index (χ1) is 13.5. The van der Waals surface area contributed by atoms with Crippen molar-refractivity contribution in [2.24, 2.45) is 0 Å². The Morgan fingerprint density at radius 2 is 1.96 bits per heavy atom. The number of nitrogens with one attached hydrogen (secondary N) is 2. The number of rotatable bonds is 4. The zero-order valence-corrected chi connectivity index (χ0v) is 16.5. The molecule has 0 aliphatic carbocycles. The fraction of sp³-hybridized carbons (Fsp3) is 0.429. The van der Waals surface area contributed by atoms with Gasteiger partial charge in [-0.15, -0.1) is 0 Å². The van der Waals surface area contributed by atoms with Crippen molar-refractivity contribution in [3.63, 3.8) is 0 Å². The van der Waals surface area contributed by atoms with E-state index in [-0.39, 0.29) is 17.5 Å². The van der Waals surface area contributed by atoms with Crippen LogP contribution in [0.3, 0.4) is 0 Å². The second kappa shape index (κ2) is 6.98. The lowest BCUT2D eigenvalue weighted by atomic mass is 9.93. The Morgan fingerprint density at radius 1 is 1.21 bits per heavy atom. The summed E-state index contributed by atoms with van der Waals surface area (Å²) >= 11 is 0. The van der Waals surface area contributed by atoms with Crippen LogP contribution >= 0.6 is 0 Å². The standard InChI is InChI=1S/C21H26N4O3/c1-4-12(3)25-20(27)16(19(26)23-21(25)28)18-17-14(10-11-24(18)5-2)13-8-6-7-9-15(13)22-17/h6-9,12,18,22,27H,4-5,10-11H2,1-3H3,(H,23,26,28)/t12-,18-/m0/s1. The van der Waals surface area contributed by atoms with Gasteiger partial charge in [0.15, 0.2) is 0 Å². The minimum absolute atomic E-state index is 0.219. The van der Waals surface area contributed by atoms with E-state index >= 15 is 0 Å². The number of aromatic amines is 2. The van der Waals surface area contributed by atoms with Crippen molar-refractivity contribution < 1.29 is 5.11 Å². The number of aromatic nitrogens is 3. The molecule has 2 aromatic heterocycles. The van der Waals surface area contributed by atoms with E-state index in [9.17, 15) is 14.7 Å². The Kier molecular flexibility index (Phi) is 4.63. The van der Waals surface area contributed by atoms with E-state index in [2.05, 4.69) is 20.9 Å². The van der Waals surface area contributed by atoms with Gasteiger partial charge in [0.05, 0.1) is 6.04 Å². The van der Waals surface area contributed by atoms with E-state index in [0.29, 0.717) is 6.42 Å². The highest BCUT2D eigenvalue weighted by molar-refractivity contribution is 5.85. The van der Waals surface area contributed by atoms with Gasteiger partial charge in [-0.05, 0) is 37.9 Å². The molecule has 1 aliphatic rings. The van der Waals surface area contributed by atoms with Gasteiger partial charge in [0.2, 0.25) is 5.88 Å². The monoisotopic (exact) mass is 382 g/mol. The number of hydrogen-bond acceptors (Lipinski definition) is 4. The van der Waals surface area contributed by atoms with Crippen molar-refractivity contribution in [2.45, 2.75) is 45.7 Å². The molecule has 0 fully saturated rings. The summed E-state index contributed by atoms with van der Waals surface area (Å²) in [5, 5.41) is 12.2. The van der Waals surface area contributed by atoms with Crippen molar-refractivity contribution in [1.29, 1.82) is 0 Å². The van der Waals surface area contributed by atoms with Crippen LogP contribution in [0, 0.1) is 0 Å². The van der Waals surface area contributed by atoms with Crippen LogP contribution in [0.15, 0.2) is 33.9 Å². The largest absolute Gasteiger partial charge is 0.494 e. The third kappa shape index (κ3) is 2.69. The molecule has 0 bridgehead atoms. The molecule has 3 N–H and O–H groups in total. The van der Waals surface area contributed by atoms with E-state index in [0.717, 1.165) is 36.1 Å². The molecule has 7 heteroatoms. The molecule has 3 heterocycles. The number of fused-ring (bicyclic) bond motifs is 3. The summed E-state index contributed by atoms with van der Waals surface area (Å²) in [5.74, 6) is -0.238. The molecule has 7 nitrogen and oxygen atoms in total. The normalized spacial score (nSPS) is 18.3. The fourth-order valence-corrected chi connectivity index (χ4v) is 4.35. The maximum absolute atomic E-state index is 12.8. The Hall–Kier alpha value is -2.80. The van der Waals surface area contributed by atoms with Crippen molar-refractivity contribution in [1.82, 2.24) is 19.4 Å². The quantitative estimate of drug-likeness (QED) is 0.647. The summed E-state index contributed by atoms with van der Waals surface area (Å²) in [6.45, 7) is 7.33. The maximum atomic E-state index is 12.8. The summed E-state index contributed by atoms with van der Waals surface area (Å²) in [6, 6.07) is 7.43. The fourth-order valence-electron chi connectivity index (χ4n) is 4.35. The van der Waals surface area contributed by atoms with Gasteiger partial charge in [-0.25, -0.2) is 4.79 Å². The summed E-state index contributed by atoms with van der Waals surface area (Å²) in [7, 11) is 0. The van der Waals surface area contributed by atoms with Gasteiger partial charge in [0.1, 0.15) is 5.56 Å². The Bertz CT molecular complexity index is 1140. The number of benzene rings is 1. The van der Waals surface area contributed by atoms with Crippen molar-refractivity contribution in [2.75, 3.05) is 13.1 Å². The average molecular weight is 382 g/mol. The Morgan fingerprint density at radius 3 is 2.68 bits per heavy atom. The van der Waals surface area contributed by atoms with Crippen LogP contribution in [-0.4, -0.2) is 37.6 Å². The van der Waals surface area contributed by atoms with Gasteiger partial charge < -0.3 is 10.1 Å². The van der Waals surface area contributed by atoms with Gasteiger partial charge in [0, 0.05) is 29.2 Å². The molecule has 0 saturated carbocycles. The Balaban J connectivity index is 2.01. The SMILES string of the molecule is CC[C@H](C)n1c(O)c([C@H]2c3[nH]c4ccccc4c3CCN2CC)c(=O)[nH]c1=O. The molecule has 148 valence electrons. The number of likely N-dealkylation sites (N-methyl/N-ethyl adjacent to an activating group) is 1. The van der Waals surface area contributed by atoms with Gasteiger partial charge >= 0.3 is 5.69 Å². The van der Waals surface area contributed by atoms with Gasteiger partial charge in [0.25, 0.3) is 5.56 Å². The summed E-state index contributed by atoms with van der Waals surface area (Å²) in [4.78, 5) is 33.2. The van der Waals surface area contributed by atoms with Crippen LogP contribution in [0.25, 0.3) is 10.9 Å². The van der Waals surface area contributed by atoms with Gasteiger partial charge in [-0.1, -0.05) is 32.0 Å². The lowest BCUT2D eigenvalue weighted by Gasteiger charge is -2.35. The molecule has 0 unspecified atom stereocenters. The molecule has 2 atom stereocenters. The number of para-hydroxylation sites is 1. The minimum atomic E-state index is -0.573. The highest BCUT2D eigenvalue weighted by Gasteiger charge is 2.35. The number of nitrogens with zero attached hydrogens (tertiary/aromatic N) is 2. The third-order valence-corrected chi connectivity index (χ3v) is 6.00. The molecule has 1 aromatic carbocycles. The second-order valence-electron chi connectivity index (χ2n) is 7.47. The summed E-state index contributed by atoms with van der Waals surface area (Å²) < 4.78 is 1.29. The lowest BCUT2D eigenvalue weighted by molar-refractivity contribution is 0.213. The molecule has 4 rings (SSSR count). The first kappa shape index (κ1) is 18.6. The number of hydrogen-bond donors (Lipinski definition) is 3. The molecular weight excluding hydrogens is 356 g/mol. The predicted octanol–water partition coefficient (Wildman–Crippen LogP) is 2.66. The molecular formula is C21H26N4O3. The topological polar surface area (TPSA) is 94.1 Å². The first-order valence-electron chi connectivity index (χ1n) is 9.89. The first-order valence-corrected chi connectivity index (χ1v) is 9.89. The average Bonchev–Trinajstić information content (AvgIpc) is 3.06. The molecule has 28 heavy (non-hydrogen) atoms. The zero-order chi connectivity index (χ0) is 20.0. The molecule has 1 aliphatic heterocycles. The Labute approximate surface area is 162 Å². The van der Waals surface area contributed by atoms with Gasteiger partial charge in [-0.2, -0.15) is 0 Å². The van der Waals surface area contributed by atoms with Crippen LogP contribution < -0.4 is 11.2 Å². The van der Waals surface area contributed by atoms with Crippen LogP contribution in [0.4, 0.5) is 0 Å². The lowest BCUT2D eigenvalue weighted by Crippen LogP contribution is -2.41. The van der Waals surface area contributed by atoms with Gasteiger partial charge in [-0.3, -0.25) is 19.2 Å². The summed E-state index contributed by atoms with van der Waals surface area (Å²) in [6.07, 6.45) is 1.53. The maximum Gasteiger partial charge on any atom is 0.331 e. The highest BCUT2D eigenvalue weighted by atomic mass is 16.3. The number of aromatic hydroxyl groups is 1. The van der Waals surface area contributed by atoms with E-state index in [1.165, 1.54) is 10.1 Å². The molecule has 0 amide bonds. The van der Waals surface area contributed by atoms with Crippen LogP contribution in [-0.2, 0) is 6.42 Å². The smallest absolute Gasteiger partial charge is 0.331 e. The number of H-pyrrole nitrogens is 2. The van der Waals surface area contributed by atoms with E-state index in [1.54, 1.807) is 0 Å². The second-order valence-corrected chi connectivity index (χ2v) is 7.47. The molecule has 0 radical (unpaired) electrons. The van der Waals surface area contributed by atoms with E-state index < -0.39 is 17.3 Å². The van der Waals surface area contributed by atoms with Crippen LogP contribution in [0.5, 0.6) is 5.88 Å². The minimum Gasteiger partial charge on any atom is -0.494 e. The summed E-state index contributed by atoms with van der Waals surface area (Å²) in [5.41, 5.74) is 2.24. The van der Waals surface area contributed by atoms with Crippen molar-refractivity contribution >= 4 is 10.9 Å². The van der Waals surface area contributed by atoms with E-state index in [1.807, 2.05) is 39.0 Å². The van der Waals surface area contributed by atoms with Crippen molar-refractivity contribution in [3.05, 3.63) is 61.9 Å². The third-order valence-electron chi connectivity index (χ3n) is 6.00. The molecule has 0 saturated heterocycles.